The highest BCUT2D eigenvalue weighted by atomic mass is 19.1. The summed E-state index contributed by atoms with van der Waals surface area (Å²) in [6.45, 7) is 0. The number of hydrogen-bond donors (Lipinski definition) is 0. The van der Waals surface area contributed by atoms with E-state index >= 15 is 0 Å². The highest BCUT2D eigenvalue weighted by molar-refractivity contribution is 5.74. The number of hydrogen-bond acceptors (Lipinski definition) is 0. The molecule has 0 N–H and O–H groups in total. The first-order chi connectivity index (χ1) is 13.1. The Labute approximate surface area is 154 Å². The Bertz CT molecular complexity index is 916. The van der Waals surface area contributed by atoms with Crippen molar-refractivity contribution >= 4 is 0 Å². The van der Waals surface area contributed by atoms with Crippen LogP contribution in [0.3, 0.4) is 0 Å². The Morgan fingerprint density at radius 2 is 0.741 bits per heavy atom. The highest BCUT2D eigenvalue weighted by Crippen LogP contribution is 2.33. The summed E-state index contributed by atoms with van der Waals surface area (Å²) in [4.78, 5) is 0. The van der Waals surface area contributed by atoms with Gasteiger partial charge in [-0.25, -0.2) is 17.6 Å². The van der Waals surface area contributed by atoms with Crippen LogP contribution in [0.5, 0.6) is 0 Å². The number of halogens is 3. The predicted octanol–water partition coefficient (Wildman–Crippen LogP) is 6.98. The summed E-state index contributed by atoms with van der Waals surface area (Å²) in [7, 11) is 0. The van der Waals surface area contributed by atoms with E-state index in [4.69, 9.17) is 4.42 Å². The van der Waals surface area contributed by atoms with Crippen LogP contribution in [-0.4, -0.2) is 0 Å². The van der Waals surface area contributed by atoms with Crippen LogP contribution in [0.2, 0.25) is 0 Å². The van der Waals surface area contributed by atoms with Crippen LogP contribution < -0.4 is 0 Å². The van der Waals surface area contributed by atoms with Crippen molar-refractivity contribution in [2.75, 3.05) is 0 Å². The lowest BCUT2D eigenvalue weighted by Gasteiger charge is -2.02. The van der Waals surface area contributed by atoms with Crippen LogP contribution in [0.4, 0.5) is 13.2 Å². The Morgan fingerprint density at radius 1 is 0.407 bits per heavy atom. The third kappa shape index (κ3) is 3.75. The second kappa shape index (κ2) is 7.08. The fourth-order valence-electron chi connectivity index (χ4n) is 2.82. The lowest BCUT2D eigenvalue weighted by Crippen LogP contribution is -1.87. The molecule has 4 heteroatoms. The summed E-state index contributed by atoms with van der Waals surface area (Å²) in [5, 5.41) is 0. The molecule has 0 bridgehead atoms. The molecule has 1 aromatic heterocycles. The first-order valence-electron chi connectivity index (χ1n) is 8.34. The quantitative estimate of drug-likeness (QED) is 0.357. The Balaban J connectivity index is 1.89. The minimum Gasteiger partial charge on any atom is -0.207 e. The lowest BCUT2D eigenvalue weighted by molar-refractivity contribution is 0.581. The molecule has 0 unspecified atom stereocenters. The summed E-state index contributed by atoms with van der Waals surface area (Å²) < 4.78 is 45.8. The zero-order chi connectivity index (χ0) is 18.8. The molecule has 3 aromatic carbocycles. The van der Waals surface area contributed by atoms with E-state index in [1.54, 1.807) is 36.4 Å². The fraction of sp³-hybridized carbons (Fsp3) is 0. The summed E-state index contributed by atoms with van der Waals surface area (Å²) in [6.07, 6.45) is 0. The van der Waals surface area contributed by atoms with Gasteiger partial charge < -0.3 is 0 Å². The topological polar surface area (TPSA) is 11.3 Å². The molecule has 4 aromatic rings. The number of benzene rings is 3. The van der Waals surface area contributed by atoms with Crippen molar-refractivity contribution in [2.45, 2.75) is 0 Å². The molecule has 132 valence electrons. The van der Waals surface area contributed by atoms with Crippen molar-refractivity contribution in [1.29, 1.82) is 0 Å². The molecule has 0 saturated heterocycles. The Kier molecular flexibility index (Phi) is 4.47. The van der Waals surface area contributed by atoms with Crippen LogP contribution in [0.25, 0.3) is 33.8 Å². The summed E-state index contributed by atoms with van der Waals surface area (Å²) in [5.41, 5.74) is 3.01. The van der Waals surface area contributed by atoms with E-state index in [1.807, 2.05) is 12.1 Å². The highest BCUT2D eigenvalue weighted by Gasteiger charge is 2.20. The van der Waals surface area contributed by atoms with Gasteiger partial charge in [-0.3, -0.25) is 0 Å². The van der Waals surface area contributed by atoms with Crippen molar-refractivity contribution in [3.63, 3.8) is 0 Å². The van der Waals surface area contributed by atoms with E-state index in [0.717, 1.165) is 11.1 Å². The molecule has 0 radical (unpaired) electrons. The van der Waals surface area contributed by atoms with Gasteiger partial charge in [-0.2, -0.15) is 0 Å². The van der Waals surface area contributed by atoms with Crippen LogP contribution >= 0.6 is 0 Å². The molecule has 0 amide bonds. The van der Waals surface area contributed by atoms with Crippen molar-refractivity contribution in [3.05, 3.63) is 102 Å². The molecular formula is C23H14F3O+. The zero-order valence-electron chi connectivity index (χ0n) is 14.1. The normalized spacial score (nSPS) is 10.8. The second-order valence-electron chi connectivity index (χ2n) is 6.10. The Hall–Kier alpha value is -3.40. The lowest BCUT2D eigenvalue weighted by atomic mass is 10.0. The predicted molar refractivity (Wildman–Crippen MR) is 99.3 cm³/mol. The minimum atomic E-state index is -0.341. The largest absolute Gasteiger partial charge is 0.361 e. The van der Waals surface area contributed by atoms with E-state index in [9.17, 15) is 13.2 Å². The van der Waals surface area contributed by atoms with Gasteiger partial charge >= 0.3 is 11.5 Å². The maximum Gasteiger partial charge on any atom is 0.361 e. The Morgan fingerprint density at radius 3 is 1.11 bits per heavy atom. The maximum absolute atomic E-state index is 13.3. The molecule has 0 aliphatic rings. The molecule has 1 heterocycles. The summed E-state index contributed by atoms with van der Waals surface area (Å²) in [5.74, 6) is 0.0450. The fourth-order valence-corrected chi connectivity index (χ4v) is 2.82. The summed E-state index contributed by atoms with van der Waals surface area (Å²) in [6, 6.07) is 21.6. The standard InChI is InChI=1S/C23H14F3O/c24-19-7-1-15(2-8-19)18-13-22(16-3-9-20(25)10-4-16)27-23(14-18)17-5-11-21(26)12-6-17/h1-14H/q+1. The third-order valence-electron chi connectivity index (χ3n) is 4.23. The van der Waals surface area contributed by atoms with Gasteiger partial charge in [0, 0.05) is 5.56 Å². The van der Waals surface area contributed by atoms with Gasteiger partial charge in [-0.15, -0.1) is 0 Å². The van der Waals surface area contributed by atoms with Crippen molar-refractivity contribution in [1.82, 2.24) is 0 Å². The zero-order valence-corrected chi connectivity index (χ0v) is 14.1. The van der Waals surface area contributed by atoms with E-state index in [1.165, 1.54) is 36.4 Å². The van der Waals surface area contributed by atoms with Crippen molar-refractivity contribution in [3.8, 4) is 33.8 Å². The molecule has 1 nitrogen and oxygen atoms in total. The van der Waals surface area contributed by atoms with Crippen molar-refractivity contribution in [2.24, 2.45) is 0 Å². The van der Waals surface area contributed by atoms with Crippen molar-refractivity contribution < 1.29 is 17.6 Å². The SMILES string of the molecule is Fc1ccc(-c2cc(-c3ccc(F)cc3)[o+]c(-c3ccc(F)cc3)c2)cc1. The smallest absolute Gasteiger partial charge is 0.207 e. The van der Waals surface area contributed by atoms with Gasteiger partial charge in [-0.1, -0.05) is 12.1 Å². The molecule has 0 aliphatic carbocycles. The first kappa shape index (κ1) is 17.0. The monoisotopic (exact) mass is 363 g/mol. The minimum absolute atomic E-state index is 0.322. The maximum atomic E-state index is 13.3. The average molecular weight is 363 g/mol. The molecular weight excluding hydrogens is 349 g/mol. The molecule has 4 rings (SSSR count). The van der Waals surface area contributed by atoms with Crippen LogP contribution in [0, 0.1) is 17.5 Å². The molecule has 0 fully saturated rings. The van der Waals surface area contributed by atoms with Crippen LogP contribution in [0.15, 0.2) is 89.3 Å². The second-order valence-corrected chi connectivity index (χ2v) is 6.10. The first-order valence-corrected chi connectivity index (χ1v) is 8.34. The van der Waals surface area contributed by atoms with E-state index in [2.05, 4.69) is 0 Å². The molecule has 0 atom stereocenters. The van der Waals surface area contributed by atoms with Crippen LogP contribution in [-0.2, 0) is 0 Å². The van der Waals surface area contributed by atoms with Gasteiger partial charge in [0.15, 0.2) is 0 Å². The third-order valence-corrected chi connectivity index (χ3v) is 4.23. The van der Waals surface area contributed by atoms with Crippen LogP contribution in [0.1, 0.15) is 0 Å². The van der Waals surface area contributed by atoms with E-state index in [-0.39, 0.29) is 17.5 Å². The average Bonchev–Trinajstić information content (AvgIpc) is 2.69. The molecule has 0 saturated carbocycles. The van der Waals surface area contributed by atoms with E-state index < -0.39 is 0 Å². The molecule has 0 aliphatic heterocycles. The van der Waals surface area contributed by atoms with Gasteiger partial charge in [0.25, 0.3) is 0 Å². The molecule has 0 spiro atoms. The van der Waals surface area contributed by atoms with E-state index in [0.29, 0.717) is 22.6 Å². The molecule has 27 heavy (non-hydrogen) atoms. The number of rotatable bonds is 3. The van der Waals surface area contributed by atoms with Gasteiger partial charge in [0.2, 0.25) is 0 Å². The van der Waals surface area contributed by atoms with Gasteiger partial charge in [0.1, 0.15) is 17.5 Å². The van der Waals surface area contributed by atoms with Gasteiger partial charge in [-0.05, 0) is 66.2 Å². The van der Waals surface area contributed by atoms with Gasteiger partial charge in [0.05, 0.1) is 23.3 Å². The summed E-state index contributed by atoms with van der Waals surface area (Å²) >= 11 is 0.